The van der Waals surface area contributed by atoms with E-state index in [0.717, 1.165) is 10.0 Å². The summed E-state index contributed by atoms with van der Waals surface area (Å²) < 4.78 is 0. The number of benzene rings is 2. The van der Waals surface area contributed by atoms with Gasteiger partial charge in [-0.1, -0.05) is 65.5 Å². The Morgan fingerprint density at radius 2 is 1.71 bits per heavy atom. The third-order valence-corrected chi connectivity index (χ3v) is 7.30. The zero-order valence-electron chi connectivity index (χ0n) is 17.8. The van der Waals surface area contributed by atoms with E-state index in [-0.39, 0.29) is 32.1 Å². The summed E-state index contributed by atoms with van der Waals surface area (Å²) in [4.78, 5) is 53.4. The number of nitrogens with zero attached hydrogens (tertiary/aromatic N) is 2. The van der Waals surface area contributed by atoms with Crippen LogP contribution < -0.4 is 0 Å². The molecule has 2 aromatic carbocycles. The average molecular weight is 540 g/mol. The van der Waals surface area contributed by atoms with Gasteiger partial charge >= 0.3 is 0 Å². The lowest BCUT2D eigenvalue weighted by Gasteiger charge is -2.30. The van der Waals surface area contributed by atoms with Gasteiger partial charge in [0.1, 0.15) is 6.54 Å². The summed E-state index contributed by atoms with van der Waals surface area (Å²) in [5.41, 5.74) is 0.163. The summed E-state index contributed by atoms with van der Waals surface area (Å²) in [7, 11) is 0. The largest absolute Gasteiger partial charge is 0.292 e. The Hall–Kier alpha value is -2.38. The number of amides is 3. The molecule has 10 heteroatoms. The molecule has 1 aliphatic carbocycles. The van der Waals surface area contributed by atoms with Gasteiger partial charge in [-0.05, 0) is 48.7 Å². The summed E-state index contributed by atoms with van der Waals surface area (Å²) >= 11 is 24.2. The molecule has 1 aliphatic heterocycles. The van der Waals surface area contributed by atoms with E-state index in [1.54, 1.807) is 0 Å². The molecular weight excluding hydrogens is 522 g/mol. The summed E-state index contributed by atoms with van der Waals surface area (Å²) in [5, 5.41) is 2.43. The fourth-order valence-corrected chi connectivity index (χ4v) is 5.13. The standard InChI is InChI=1S/C24H18Cl4N2O4/c1-12-3-2-4-16-21(12)24(34)30(23(16)33)29(22(32)13-5-8-17(26)19(28)9-13)11-20(31)15-7-6-14(25)10-18(15)27/h2-3,5-10,12,16,21H,4,11H2,1H3/t12-,16-,21-/m1/s1. The minimum atomic E-state index is -0.752. The van der Waals surface area contributed by atoms with Crippen molar-refractivity contribution in [3.8, 4) is 0 Å². The number of hydrogen-bond donors (Lipinski definition) is 0. The molecule has 1 fully saturated rings. The lowest BCUT2D eigenvalue weighted by molar-refractivity contribution is -0.154. The van der Waals surface area contributed by atoms with Crippen molar-refractivity contribution in [2.24, 2.45) is 17.8 Å². The average Bonchev–Trinajstić information content (AvgIpc) is 3.04. The number of Topliss-reactive ketones (excluding diaryl/α,β-unsaturated/α-hetero) is 1. The van der Waals surface area contributed by atoms with E-state index in [1.807, 2.05) is 19.1 Å². The number of rotatable bonds is 5. The van der Waals surface area contributed by atoms with Crippen molar-refractivity contribution < 1.29 is 19.2 Å². The molecule has 0 saturated carbocycles. The van der Waals surface area contributed by atoms with Crippen LogP contribution in [0, 0.1) is 17.8 Å². The van der Waals surface area contributed by atoms with Gasteiger partial charge in [0.05, 0.1) is 26.9 Å². The van der Waals surface area contributed by atoms with Gasteiger partial charge in [-0.2, -0.15) is 5.01 Å². The molecule has 176 valence electrons. The molecule has 0 radical (unpaired) electrons. The zero-order chi connectivity index (χ0) is 24.7. The molecule has 0 spiro atoms. The highest BCUT2D eigenvalue weighted by Crippen LogP contribution is 2.39. The molecule has 2 aliphatic rings. The fraction of sp³-hybridized carbons (Fsp3) is 0.250. The maximum absolute atomic E-state index is 13.5. The van der Waals surface area contributed by atoms with E-state index < -0.39 is 41.9 Å². The van der Waals surface area contributed by atoms with Crippen LogP contribution in [0.15, 0.2) is 48.6 Å². The molecule has 0 aromatic heterocycles. The van der Waals surface area contributed by atoms with E-state index in [0.29, 0.717) is 11.4 Å². The van der Waals surface area contributed by atoms with Crippen molar-refractivity contribution >= 4 is 69.9 Å². The van der Waals surface area contributed by atoms with Crippen LogP contribution in [-0.4, -0.2) is 40.1 Å². The number of imide groups is 1. The van der Waals surface area contributed by atoms with Gasteiger partial charge in [-0.15, -0.1) is 0 Å². The molecule has 34 heavy (non-hydrogen) atoms. The van der Waals surface area contributed by atoms with Gasteiger partial charge in [0, 0.05) is 16.1 Å². The topological polar surface area (TPSA) is 74.8 Å². The van der Waals surface area contributed by atoms with Crippen molar-refractivity contribution in [2.45, 2.75) is 13.3 Å². The molecular formula is C24H18Cl4N2O4. The Morgan fingerprint density at radius 1 is 0.971 bits per heavy atom. The quantitative estimate of drug-likeness (QED) is 0.276. The van der Waals surface area contributed by atoms with Crippen molar-refractivity contribution in [3.63, 3.8) is 0 Å². The Bertz CT molecular complexity index is 1250. The van der Waals surface area contributed by atoms with Gasteiger partial charge in [-0.25, -0.2) is 5.01 Å². The Morgan fingerprint density at radius 3 is 2.35 bits per heavy atom. The molecule has 0 N–H and O–H groups in total. The first-order valence-corrected chi connectivity index (χ1v) is 11.9. The highest BCUT2D eigenvalue weighted by molar-refractivity contribution is 6.42. The lowest BCUT2D eigenvalue weighted by atomic mass is 9.78. The third-order valence-electron chi connectivity index (χ3n) is 6.02. The Balaban J connectivity index is 1.74. The predicted octanol–water partition coefficient (Wildman–Crippen LogP) is 5.74. The summed E-state index contributed by atoms with van der Waals surface area (Å²) in [6, 6.07) is 8.46. The van der Waals surface area contributed by atoms with E-state index >= 15 is 0 Å². The Labute approximate surface area is 216 Å². The summed E-state index contributed by atoms with van der Waals surface area (Å²) in [5.74, 6) is -3.80. The second-order valence-electron chi connectivity index (χ2n) is 8.18. The van der Waals surface area contributed by atoms with Crippen LogP contribution in [0.5, 0.6) is 0 Å². The minimum Gasteiger partial charge on any atom is -0.292 e. The van der Waals surface area contributed by atoms with Crippen molar-refractivity contribution in [1.29, 1.82) is 0 Å². The van der Waals surface area contributed by atoms with E-state index in [9.17, 15) is 19.2 Å². The highest BCUT2D eigenvalue weighted by Gasteiger charge is 2.53. The van der Waals surface area contributed by atoms with Crippen LogP contribution in [0.4, 0.5) is 0 Å². The Kier molecular flexibility index (Phi) is 7.06. The van der Waals surface area contributed by atoms with Gasteiger partial charge in [0.15, 0.2) is 5.78 Å². The van der Waals surface area contributed by atoms with Crippen molar-refractivity contribution in [1.82, 2.24) is 10.0 Å². The third kappa shape index (κ3) is 4.48. The van der Waals surface area contributed by atoms with Crippen LogP contribution in [-0.2, 0) is 9.59 Å². The molecule has 1 saturated heterocycles. The van der Waals surface area contributed by atoms with Gasteiger partial charge < -0.3 is 0 Å². The van der Waals surface area contributed by atoms with Gasteiger partial charge in [0.2, 0.25) is 0 Å². The van der Waals surface area contributed by atoms with Crippen LogP contribution >= 0.6 is 46.4 Å². The van der Waals surface area contributed by atoms with E-state index in [4.69, 9.17) is 46.4 Å². The molecule has 3 amide bonds. The second-order valence-corrected chi connectivity index (χ2v) is 9.84. The van der Waals surface area contributed by atoms with Crippen LogP contribution in [0.1, 0.15) is 34.1 Å². The fourth-order valence-electron chi connectivity index (χ4n) is 4.32. The van der Waals surface area contributed by atoms with E-state index in [2.05, 4.69) is 0 Å². The SMILES string of the molecule is C[C@@H]1C=CC[C@H]2C(=O)N(N(CC(=O)c3ccc(Cl)cc3Cl)C(=O)c3ccc(Cl)c(Cl)c3)C(=O)[C@H]12. The first-order valence-electron chi connectivity index (χ1n) is 10.4. The number of ketones is 1. The maximum Gasteiger partial charge on any atom is 0.273 e. The van der Waals surface area contributed by atoms with Crippen molar-refractivity contribution in [2.75, 3.05) is 6.54 Å². The van der Waals surface area contributed by atoms with Crippen LogP contribution in [0.25, 0.3) is 0 Å². The van der Waals surface area contributed by atoms with E-state index in [1.165, 1.54) is 36.4 Å². The molecule has 6 nitrogen and oxygen atoms in total. The maximum atomic E-state index is 13.5. The smallest absolute Gasteiger partial charge is 0.273 e. The van der Waals surface area contributed by atoms with Crippen molar-refractivity contribution in [3.05, 3.63) is 79.8 Å². The number of hydrazine groups is 1. The summed E-state index contributed by atoms with van der Waals surface area (Å²) in [6.45, 7) is 1.24. The lowest BCUT2D eigenvalue weighted by Crippen LogP contribution is -2.52. The number of halogens is 4. The summed E-state index contributed by atoms with van der Waals surface area (Å²) in [6.07, 6.45) is 4.10. The number of hydrogen-bond acceptors (Lipinski definition) is 4. The van der Waals surface area contributed by atoms with Crippen LogP contribution in [0.2, 0.25) is 20.1 Å². The molecule has 3 atom stereocenters. The van der Waals surface area contributed by atoms with Gasteiger partial charge in [0.25, 0.3) is 17.7 Å². The van der Waals surface area contributed by atoms with Gasteiger partial charge in [-0.3, -0.25) is 19.2 Å². The molecule has 0 bridgehead atoms. The molecule has 1 heterocycles. The predicted molar refractivity (Wildman–Crippen MR) is 130 cm³/mol. The number of carbonyl (C=O) groups is 4. The molecule has 0 unspecified atom stereocenters. The highest BCUT2D eigenvalue weighted by atomic mass is 35.5. The normalized spacial score (nSPS) is 21.6. The first-order chi connectivity index (χ1) is 16.1. The first kappa shape index (κ1) is 24.7. The molecule has 2 aromatic rings. The number of fused-ring (bicyclic) bond motifs is 1. The monoisotopic (exact) mass is 538 g/mol. The minimum absolute atomic E-state index is 0.0612. The van der Waals surface area contributed by atoms with Crippen LogP contribution in [0.3, 0.4) is 0 Å². The second kappa shape index (κ2) is 9.70. The zero-order valence-corrected chi connectivity index (χ0v) is 20.8. The molecule has 4 rings (SSSR count). The number of carbonyl (C=O) groups excluding carboxylic acids is 4. The number of allylic oxidation sites excluding steroid dienone is 2.